The lowest BCUT2D eigenvalue weighted by Gasteiger charge is -2.19. The van der Waals surface area contributed by atoms with Gasteiger partial charge in [-0.2, -0.15) is 0 Å². The van der Waals surface area contributed by atoms with Gasteiger partial charge in [-0.1, -0.05) is 23.2 Å². The number of ether oxygens (including phenoxy) is 2. The van der Waals surface area contributed by atoms with Crippen molar-refractivity contribution in [1.82, 2.24) is 0 Å². The van der Waals surface area contributed by atoms with Crippen molar-refractivity contribution in [2.45, 2.75) is 13.0 Å². The van der Waals surface area contributed by atoms with E-state index in [1.807, 2.05) is 37.3 Å². The van der Waals surface area contributed by atoms with Gasteiger partial charge in [0.25, 0.3) is 0 Å². The van der Waals surface area contributed by atoms with Crippen LogP contribution in [0, 0.1) is 0 Å². The van der Waals surface area contributed by atoms with Crippen molar-refractivity contribution in [3.05, 3.63) is 52.0 Å². The number of anilines is 1. The van der Waals surface area contributed by atoms with Crippen LogP contribution >= 0.6 is 23.2 Å². The maximum Gasteiger partial charge on any atom is 0.127 e. The number of hydrogen-bond donors (Lipinski definition) is 1. The molecule has 0 spiro atoms. The second kappa shape index (κ2) is 6.92. The van der Waals surface area contributed by atoms with E-state index in [-0.39, 0.29) is 6.04 Å². The van der Waals surface area contributed by atoms with Crippen LogP contribution in [-0.2, 0) is 0 Å². The Balaban J connectivity index is 2.25. The molecule has 0 bridgehead atoms. The van der Waals surface area contributed by atoms with Crippen molar-refractivity contribution in [3.63, 3.8) is 0 Å². The normalized spacial score (nSPS) is 11.9. The van der Waals surface area contributed by atoms with Gasteiger partial charge in [-0.25, -0.2) is 0 Å². The number of nitrogens with one attached hydrogen (secondary N) is 1. The Morgan fingerprint density at radius 2 is 1.62 bits per heavy atom. The lowest BCUT2D eigenvalue weighted by Crippen LogP contribution is -2.08. The zero-order valence-corrected chi connectivity index (χ0v) is 13.6. The summed E-state index contributed by atoms with van der Waals surface area (Å²) in [6.45, 7) is 2.04. The molecule has 1 unspecified atom stereocenters. The molecule has 0 aliphatic carbocycles. The van der Waals surface area contributed by atoms with Crippen LogP contribution in [-0.4, -0.2) is 14.2 Å². The van der Waals surface area contributed by atoms with Gasteiger partial charge < -0.3 is 14.8 Å². The summed E-state index contributed by atoms with van der Waals surface area (Å²) in [5.41, 5.74) is 1.88. The predicted molar refractivity (Wildman–Crippen MR) is 88.0 cm³/mol. The van der Waals surface area contributed by atoms with Crippen LogP contribution in [0.1, 0.15) is 18.5 Å². The molecule has 0 aliphatic rings. The zero-order chi connectivity index (χ0) is 15.4. The van der Waals surface area contributed by atoms with E-state index < -0.39 is 0 Å². The van der Waals surface area contributed by atoms with Gasteiger partial charge in [0.15, 0.2) is 0 Å². The third kappa shape index (κ3) is 3.96. The van der Waals surface area contributed by atoms with Crippen molar-refractivity contribution >= 4 is 28.9 Å². The summed E-state index contributed by atoms with van der Waals surface area (Å²) in [6, 6.07) is 11.1. The molecule has 0 heterocycles. The van der Waals surface area contributed by atoms with Gasteiger partial charge in [-0.3, -0.25) is 0 Å². The molecule has 2 rings (SSSR count). The smallest absolute Gasteiger partial charge is 0.127 e. The minimum Gasteiger partial charge on any atom is -0.497 e. The minimum atomic E-state index is 0.0281. The first-order valence-corrected chi connectivity index (χ1v) is 7.23. The van der Waals surface area contributed by atoms with Crippen molar-refractivity contribution in [3.8, 4) is 11.5 Å². The number of benzene rings is 2. The monoisotopic (exact) mass is 325 g/mol. The third-order valence-corrected chi connectivity index (χ3v) is 3.59. The van der Waals surface area contributed by atoms with E-state index in [0.717, 1.165) is 22.7 Å². The zero-order valence-electron chi connectivity index (χ0n) is 12.1. The summed E-state index contributed by atoms with van der Waals surface area (Å²) in [7, 11) is 3.27. The third-order valence-electron chi connectivity index (χ3n) is 3.15. The van der Waals surface area contributed by atoms with Crippen molar-refractivity contribution < 1.29 is 9.47 Å². The lowest BCUT2D eigenvalue weighted by atomic mass is 10.1. The molecule has 0 fully saturated rings. The number of rotatable bonds is 5. The van der Waals surface area contributed by atoms with Crippen LogP contribution in [0.4, 0.5) is 5.69 Å². The quantitative estimate of drug-likeness (QED) is 0.821. The van der Waals surface area contributed by atoms with E-state index in [4.69, 9.17) is 32.7 Å². The molecule has 0 aliphatic heterocycles. The second-order valence-corrected chi connectivity index (χ2v) is 5.50. The van der Waals surface area contributed by atoms with E-state index in [1.54, 1.807) is 20.3 Å². The van der Waals surface area contributed by atoms with Crippen LogP contribution in [0.15, 0.2) is 36.4 Å². The highest BCUT2D eigenvalue weighted by Gasteiger charge is 2.13. The lowest BCUT2D eigenvalue weighted by molar-refractivity contribution is 0.390. The molecule has 112 valence electrons. The summed E-state index contributed by atoms with van der Waals surface area (Å²) in [6.07, 6.45) is 0. The van der Waals surface area contributed by atoms with E-state index in [0.29, 0.717) is 10.0 Å². The van der Waals surface area contributed by atoms with Crippen LogP contribution in [0.5, 0.6) is 11.5 Å². The summed E-state index contributed by atoms with van der Waals surface area (Å²) >= 11 is 12.0. The van der Waals surface area contributed by atoms with E-state index >= 15 is 0 Å². The van der Waals surface area contributed by atoms with Crippen molar-refractivity contribution in [2.75, 3.05) is 19.5 Å². The predicted octanol–water partition coefficient (Wildman–Crippen LogP) is 5.18. The van der Waals surface area contributed by atoms with Gasteiger partial charge >= 0.3 is 0 Å². The maximum atomic E-state index is 6.01. The first kappa shape index (κ1) is 15.8. The molecule has 5 heteroatoms. The molecule has 21 heavy (non-hydrogen) atoms. The van der Waals surface area contributed by atoms with Gasteiger partial charge in [0.2, 0.25) is 0 Å². The summed E-state index contributed by atoms with van der Waals surface area (Å²) < 4.78 is 10.6. The van der Waals surface area contributed by atoms with Crippen LogP contribution in [0.25, 0.3) is 0 Å². The average Bonchev–Trinajstić information content (AvgIpc) is 2.45. The molecule has 1 N–H and O–H groups in total. The maximum absolute atomic E-state index is 6.01. The van der Waals surface area contributed by atoms with Gasteiger partial charge in [-0.15, -0.1) is 0 Å². The Hall–Kier alpha value is -1.58. The molecule has 0 amide bonds. The van der Waals surface area contributed by atoms with Crippen LogP contribution < -0.4 is 14.8 Å². The molecule has 0 saturated heterocycles. The standard InChI is InChI=1S/C16H17Cl2NO2/c1-10(19-13-7-11(17)6-12(18)8-13)15-5-4-14(20-2)9-16(15)21-3/h4-10,19H,1-3H3. The summed E-state index contributed by atoms with van der Waals surface area (Å²) in [5, 5.41) is 4.55. The number of halogens is 2. The molecular weight excluding hydrogens is 309 g/mol. The van der Waals surface area contributed by atoms with Gasteiger partial charge in [0.1, 0.15) is 11.5 Å². The highest BCUT2D eigenvalue weighted by Crippen LogP contribution is 2.32. The Kier molecular flexibility index (Phi) is 5.21. The first-order valence-electron chi connectivity index (χ1n) is 6.48. The van der Waals surface area contributed by atoms with Crippen LogP contribution in [0.2, 0.25) is 10.0 Å². The van der Waals surface area contributed by atoms with E-state index in [9.17, 15) is 0 Å². The van der Waals surface area contributed by atoms with Gasteiger partial charge in [0, 0.05) is 27.4 Å². The Bertz CT molecular complexity index is 611. The number of methoxy groups -OCH3 is 2. The SMILES string of the molecule is COc1ccc(C(C)Nc2cc(Cl)cc(Cl)c2)c(OC)c1. The second-order valence-electron chi connectivity index (χ2n) is 4.63. The molecule has 0 aromatic heterocycles. The first-order chi connectivity index (χ1) is 10.0. The molecule has 0 radical (unpaired) electrons. The summed E-state index contributed by atoms with van der Waals surface area (Å²) in [4.78, 5) is 0. The fourth-order valence-corrected chi connectivity index (χ4v) is 2.67. The number of hydrogen-bond acceptors (Lipinski definition) is 3. The minimum absolute atomic E-state index is 0.0281. The molecule has 0 saturated carbocycles. The van der Waals surface area contributed by atoms with Gasteiger partial charge in [0.05, 0.1) is 20.3 Å². The van der Waals surface area contributed by atoms with Crippen LogP contribution in [0.3, 0.4) is 0 Å². The van der Waals surface area contributed by atoms with Crippen molar-refractivity contribution in [2.24, 2.45) is 0 Å². The van der Waals surface area contributed by atoms with E-state index in [1.165, 1.54) is 0 Å². The molecule has 2 aromatic rings. The Morgan fingerprint density at radius 1 is 0.952 bits per heavy atom. The highest BCUT2D eigenvalue weighted by atomic mass is 35.5. The van der Waals surface area contributed by atoms with Gasteiger partial charge in [-0.05, 0) is 37.3 Å². The molecular formula is C16H17Cl2NO2. The van der Waals surface area contributed by atoms with E-state index in [2.05, 4.69) is 5.32 Å². The Labute approximate surface area is 134 Å². The Morgan fingerprint density at radius 3 is 2.19 bits per heavy atom. The largest absolute Gasteiger partial charge is 0.497 e. The topological polar surface area (TPSA) is 30.5 Å². The molecule has 2 aromatic carbocycles. The molecule has 1 atom stereocenters. The highest BCUT2D eigenvalue weighted by molar-refractivity contribution is 6.35. The van der Waals surface area contributed by atoms with Crippen molar-refractivity contribution in [1.29, 1.82) is 0 Å². The fraction of sp³-hybridized carbons (Fsp3) is 0.250. The average molecular weight is 326 g/mol. The summed E-state index contributed by atoms with van der Waals surface area (Å²) in [5.74, 6) is 1.52. The molecule has 3 nitrogen and oxygen atoms in total. The fourth-order valence-electron chi connectivity index (χ4n) is 2.14.